The standard InChI is InChI=1S/C23H23Cl2N3O2S/c1-14-9-11-27(12-10-14)21(29)15(2)31-23-26-19-6-4-3-5-17(19)22(30)28(23)20-8-7-16(24)13-18(20)25/h3-8,13-15H,9-12H2,1-2H3. The molecule has 0 saturated carbocycles. The average molecular weight is 476 g/mol. The van der Waals surface area contributed by atoms with E-state index >= 15 is 0 Å². The predicted octanol–water partition coefficient (Wildman–Crippen LogP) is 5.43. The maximum atomic E-state index is 13.4. The van der Waals surface area contributed by atoms with Gasteiger partial charge < -0.3 is 4.90 Å². The summed E-state index contributed by atoms with van der Waals surface area (Å²) < 4.78 is 1.48. The lowest BCUT2D eigenvalue weighted by Gasteiger charge is -2.32. The average Bonchev–Trinajstić information content (AvgIpc) is 2.75. The molecule has 1 atom stereocenters. The number of carbonyl (C=O) groups is 1. The Hall–Kier alpha value is -2.02. The number of para-hydroxylation sites is 1. The summed E-state index contributed by atoms with van der Waals surface area (Å²) in [6.07, 6.45) is 2.03. The Morgan fingerprint density at radius 2 is 1.87 bits per heavy atom. The van der Waals surface area contributed by atoms with E-state index in [0.717, 1.165) is 25.9 Å². The Labute approximate surface area is 195 Å². The highest BCUT2D eigenvalue weighted by molar-refractivity contribution is 8.00. The molecule has 0 spiro atoms. The number of rotatable bonds is 4. The first-order valence-electron chi connectivity index (χ1n) is 10.3. The van der Waals surface area contributed by atoms with Gasteiger partial charge in [0.15, 0.2) is 5.16 Å². The molecule has 31 heavy (non-hydrogen) atoms. The molecule has 8 heteroatoms. The van der Waals surface area contributed by atoms with Crippen molar-refractivity contribution < 1.29 is 4.79 Å². The van der Waals surface area contributed by atoms with E-state index in [9.17, 15) is 9.59 Å². The van der Waals surface area contributed by atoms with Gasteiger partial charge >= 0.3 is 0 Å². The summed E-state index contributed by atoms with van der Waals surface area (Å²) in [6, 6.07) is 12.2. The molecular formula is C23H23Cl2N3O2S. The van der Waals surface area contributed by atoms with Crippen LogP contribution in [0.2, 0.25) is 10.0 Å². The Morgan fingerprint density at radius 3 is 2.58 bits per heavy atom. The van der Waals surface area contributed by atoms with Crippen molar-refractivity contribution in [1.29, 1.82) is 0 Å². The SMILES string of the molecule is CC1CCN(C(=O)C(C)Sc2nc3ccccc3c(=O)n2-c2ccc(Cl)cc2Cl)CC1. The summed E-state index contributed by atoms with van der Waals surface area (Å²) in [5.74, 6) is 0.708. The van der Waals surface area contributed by atoms with Crippen LogP contribution >= 0.6 is 35.0 Å². The van der Waals surface area contributed by atoms with Gasteiger partial charge in [-0.1, -0.05) is 54.0 Å². The number of halogens is 2. The van der Waals surface area contributed by atoms with Crippen LogP contribution in [0.3, 0.4) is 0 Å². The number of benzene rings is 2. The number of fused-ring (bicyclic) bond motifs is 1. The Morgan fingerprint density at radius 1 is 1.16 bits per heavy atom. The smallest absolute Gasteiger partial charge is 0.266 e. The lowest BCUT2D eigenvalue weighted by Crippen LogP contribution is -2.42. The van der Waals surface area contributed by atoms with Gasteiger partial charge in [-0.2, -0.15) is 0 Å². The van der Waals surface area contributed by atoms with Gasteiger partial charge in [0.25, 0.3) is 5.56 Å². The molecule has 1 saturated heterocycles. The van der Waals surface area contributed by atoms with Crippen molar-refractivity contribution in [3.63, 3.8) is 0 Å². The van der Waals surface area contributed by atoms with Gasteiger partial charge in [-0.05, 0) is 56.0 Å². The fourth-order valence-electron chi connectivity index (χ4n) is 3.76. The molecule has 4 rings (SSSR count). The van der Waals surface area contributed by atoms with E-state index in [1.54, 1.807) is 36.4 Å². The molecule has 1 aliphatic rings. The lowest BCUT2D eigenvalue weighted by atomic mass is 9.99. The summed E-state index contributed by atoms with van der Waals surface area (Å²) in [6.45, 7) is 5.62. The minimum absolute atomic E-state index is 0.0630. The van der Waals surface area contributed by atoms with Crippen LogP contribution in [-0.2, 0) is 4.79 Å². The first-order chi connectivity index (χ1) is 14.8. The van der Waals surface area contributed by atoms with E-state index < -0.39 is 5.25 Å². The Bertz CT molecular complexity index is 1190. The molecule has 0 N–H and O–H groups in total. The monoisotopic (exact) mass is 475 g/mol. The molecule has 1 amide bonds. The molecule has 3 aromatic rings. The first kappa shape index (κ1) is 22.2. The highest BCUT2D eigenvalue weighted by Gasteiger charge is 2.27. The molecule has 1 fully saturated rings. The molecular weight excluding hydrogens is 453 g/mol. The number of piperidine rings is 1. The largest absolute Gasteiger partial charge is 0.342 e. The zero-order valence-electron chi connectivity index (χ0n) is 17.3. The van der Waals surface area contributed by atoms with Crippen LogP contribution < -0.4 is 5.56 Å². The molecule has 1 unspecified atom stereocenters. The van der Waals surface area contributed by atoms with Gasteiger partial charge in [-0.15, -0.1) is 0 Å². The van der Waals surface area contributed by atoms with Crippen LogP contribution in [0.5, 0.6) is 0 Å². The van der Waals surface area contributed by atoms with Crippen molar-refractivity contribution >= 4 is 51.8 Å². The summed E-state index contributed by atoms with van der Waals surface area (Å²) in [7, 11) is 0. The number of thioether (sulfide) groups is 1. The summed E-state index contributed by atoms with van der Waals surface area (Å²) in [5, 5.41) is 1.35. The van der Waals surface area contributed by atoms with Crippen molar-refractivity contribution in [2.45, 2.75) is 37.1 Å². The third-order valence-electron chi connectivity index (χ3n) is 5.62. The fourth-order valence-corrected chi connectivity index (χ4v) is 5.26. The molecule has 1 aliphatic heterocycles. The van der Waals surface area contributed by atoms with Gasteiger partial charge in [0.1, 0.15) is 0 Å². The number of hydrogen-bond donors (Lipinski definition) is 0. The highest BCUT2D eigenvalue weighted by Crippen LogP contribution is 2.30. The summed E-state index contributed by atoms with van der Waals surface area (Å²) in [5.41, 5.74) is 0.842. The molecule has 0 radical (unpaired) electrons. The summed E-state index contributed by atoms with van der Waals surface area (Å²) >= 11 is 13.8. The number of carbonyl (C=O) groups excluding carboxylic acids is 1. The van der Waals surface area contributed by atoms with E-state index in [1.807, 2.05) is 17.9 Å². The van der Waals surface area contributed by atoms with Crippen molar-refractivity contribution in [2.75, 3.05) is 13.1 Å². The predicted molar refractivity (Wildman–Crippen MR) is 128 cm³/mol. The number of aromatic nitrogens is 2. The van der Waals surface area contributed by atoms with E-state index in [4.69, 9.17) is 28.2 Å². The molecule has 2 heterocycles. The van der Waals surface area contributed by atoms with Crippen LogP contribution in [0, 0.1) is 5.92 Å². The van der Waals surface area contributed by atoms with E-state index in [-0.39, 0.29) is 11.5 Å². The normalized spacial score (nSPS) is 15.9. The zero-order valence-corrected chi connectivity index (χ0v) is 19.7. The van der Waals surface area contributed by atoms with Crippen molar-refractivity contribution in [2.24, 2.45) is 5.92 Å². The van der Waals surface area contributed by atoms with Crippen LogP contribution in [-0.4, -0.2) is 38.7 Å². The second-order valence-corrected chi connectivity index (χ2v) is 10.1. The summed E-state index contributed by atoms with van der Waals surface area (Å²) in [4.78, 5) is 33.1. The molecule has 162 valence electrons. The number of hydrogen-bond acceptors (Lipinski definition) is 4. The van der Waals surface area contributed by atoms with Gasteiger partial charge in [0, 0.05) is 18.1 Å². The second-order valence-electron chi connectivity index (χ2n) is 7.92. The number of amides is 1. The molecule has 0 bridgehead atoms. The highest BCUT2D eigenvalue weighted by atomic mass is 35.5. The topological polar surface area (TPSA) is 55.2 Å². The van der Waals surface area contributed by atoms with E-state index in [0.29, 0.717) is 37.7 Å². The number of nitrogens with zero attached hydrogens (tertiary/aromatic N) is 3. The van der Waals surface area contributed by atoms with Crippen LogP contribution in [0.1, 0.15) is 26.7 Å². The van der Waals surface area contributed by atoms with Gasteiger partial charge in [0.2, 0.25) is 5.91 Å². The quantitative estimate of drug-likeness (QED) is 0.372. The van der Waals surface area contributed by atoms with Gasteiger partial charge in [-0.3, -0.25) is 14.2 Å². The fraction of sp³-hybridized carbons (Fsp3) is 0.348. The minimum Gasteiger partial charge on any atom is -0.342 e. The Balaban J connectivity index is 1.76. The molecule has 1 aromatic heterocycles. The molecule has 0 aliphatic carbocycles. The van der Waals surface area contributed by atoms with E-state index in [2.05, 4.69) is 6.92 Å². The maximum absolute atomic E-state index is 13.4. The molecule has 2 aromatic carbocycles. The van der Waals surface area contributed by atoms with Crippen LogP contribution in [0.4, 0.5) is 0 Å². The van der Waals surface area contributed by atoms with Crippen molar-refractivity contribution in [3.8, 4) is 5.69 Å². The minimum atomic E-state index is -0.390. The van der Waals surface area contributed by atoms with Crippen LogP contribution in [0.25, 0.3) is 16.6 Å². The Kier molecular flexibility index (Phi) is 6.60. The second kappa shape index (κ2) is 9.23. The first-order valence-corrected chi connectivity index (χ1v) is 11.9. The zero-order chi connectivity index (χ0) is 22.1. The van der Waals surface area contributed by atoms with Gasteiger partial charge in [-0.25, -0.2) is 4.98 Å². The maximum Gasteiger partial charge on any atom is 0.266 e. The van der Waals surface area contributed by atoms with Gasteiger partial charge in [0.05, 0.1) is 26.9 Å². The van der Waals surface area contributed by atoms with E-state index in [1.165, 1.54) is 16.3 Å². The molecule has 5 nitrogen and oxygen atoms in total. The van der Waals surface area contributed by atoms with Crippen LogP contribution in [0.15, 0.2) is 52.4 Å². The van der Waals surface area contributed by atoms with Crippen molar-refractivity contribution in [3.05, 3.63) is 62.9 Å². The third kappa shape index (κ3) is 4.61. The van der Waals surface area contributed by atoms with Crippen molar-refractivity contribution in [1.82, 2.24) is 14.5 Å². The lowest BCUT2D eigenvalue weighted by molar-refractivity contribution is -0.131. The number of likely N-dealkylation sites (tertiary alicyclic amines) is 1. The third-order valence-corrected chi connectivity index (χ3v) is 7.20.